The highest BCUT2D eigenvalue weighted by atomic mass is 32.2. The Morgan fingerprint density at radius 1 is 1.10 bits per heavy atom. The van der Waals surface area contributed by atoms with Crippen LogP contribution in [0.25, 0.3) is 10.2 Å². The molecule has 10 heteroatoms. The molecule has 1 N–H and O–H groups in total. The Balaban J connectivity index is 1.53. The van der Waals surface area contributed by atoms with Crippen LogP contribution in [0.1, 0.15) is 11.4 Å². The molecular formula is C19H22N4O3S3. The van der Waals surface area contributed by atoms with Crippen molar-refractivity contribution in [3.05, 3.63) is 35.7 Å². The number of aromatic nitrogens is 3. The molecule has 1 amide bonds. The molecule has 2 aromatic heterocycles. The zero-order valence-electron chi connectivity index (χ0n) is 16.4. The predicted octanol–water partition coefficient (Wildman–Crippen LogP) is 4.15. The second-order valence-electron chi connectivity index (χ2n) is 6.10. The van der Waals surface area contributed by atoms with Gasteiger partial charge in [-0.15, -0.1) is 11.3 Å². The van der Waals surface area contributed by atoms with E-state index in [2.05, 4.69) is 20.3 Å². The van der Waals surface area contributed by atoms with Crippen LogP contribution in [0, 0.1) is 13.8 Å². The highest BCUT2D eigenvalue weighted by Crippen LogP contribution is 2.31. The zero-order chi connectivity index (χ0) is 20.6. The third kappa shape index (κ3) is 6.93. The maximum Gasteiger partial charge on any atom is 0.234 e. The van der Waals surface area contributed by atoms with Crippen LogP contribution >= 0.6 is 34.9 Å². The normalized spacial score (nSPS) is 11.1. The van der Waals surface area contributed by atoms with E-state index in [0.717, 1.165) is 31.6 Å². The Hall–Kier alpha value is -1.72. The van der Waals surface area contributed by atoms with Crippen molar-refractivity contribution in [2.24, 2.45) is 0 Å². The summed E-state index contributed by atoms with van der Waals surface area (Å²) >= 11 is 4.46. The van der Waals surface area contributed by atoms with Gasteiger partial charge in [0.2, 0.25) is 5.91 Å². The topological polar surface area (TPSA) is 86.2 Å². The van der Waals surface area contributed by atoms with E-state index in [-0.39, 0.29) is 11.7 Å². The highest BCUT2D eigenvalue weighted by Gasteiger charge is 2.09. The lowest BCUT2D eigenvalue weighted by atomic mass is 10.3. The van der Waals surface area contributed by atoms with Crippen molar-refractivity contribution in [1.29, 1.82) is 0 Å². The molecule has 0 aliphatic heterocycles. The summed E-state index contributed by atoms with van der Waals surface area (Å²) in [6.07, 6.45) is 0. The van der Waals surface area contributed by atoms with E-state index in [4.69, 9.17) is 9.47 Å². The lowest BCUT2D eigenvalue weighted by Crippen LogP contribution is -2.14. The molecule has 0 aliphatic rings. The number of hydrogen-bond acceptors (Lipinski definition) is 9. The van der Waals surface area contributed by atoms with E-state index in [0.29, 0.717) is 24.3 Å². The predicted molar refractivity (Wildman–Crippen MR) is 119 cm³/mol. The molecule has 0 radical (unpaired) electrons. The Labute approximate surface area is 182 Å². The lowest BCUT2D eigenvalue weighted by molar-refractivity contribution is -0.113. The fourth-order valence-electron chi connectivity index (χ4n) is 2.42. The van der Waals surface area contributed by atoms with Crippen LogP contribution in [-0.2, 0) is 14.3 Å². The first-order valence-corrected chi connectivity index (χ1v) is 11.7. The number of methoxy groups -OCH3 is 1. The lowest BCUT2D eigenvalue weighted by Gasteiger charge is -2.05. The van der Waals surface area contributed by atoms with Gasteiger partial charge in [-0.25, -0.2) is 15.0 Å². The van der Waals surface area contributed by atoms with Gasteiger partial charge in [-0.05, 0) is 38.1 Å². The standard InChI is InChI=1S/C19H22N4O3S3/c1-12-8-13(2)21-18(20-12)27-10-17(24)22-14-4-5-15-16(9-14)29-19(23-15)28-11-26-7-6-25-3/h4-5,8-9H,6-7,10-11H2,1-3H3,(H,22,24). The van der Waals surface area contributed by atoms with Gasteiger partial charge in [-0.1, -0.05) is 23.5 Å². The minimum absolute atomic E-state index is 0.0947. The fraction of sp³-hybridized carbons (Fsp3) is 0.368. The quantitative estimate of drug-likeness (QED) is 0.213. The summed E-state index contributed by atoms with van der Waals surface area (Å²) in [5, 5.41) is 3.54. The van der Waals surface area contributed by atoms with Crippen molar-refractivity contribution < 1.29 is 14.3 Å². The van der Waals surface area contributed by atoms with Gasteiger partial charge in [-0.2, -0.15) is 0 Å². The molecule has 3 rings (SSSR count). The Morgan fingerprint density at radius 2 is 1.90 bits per heavy atom. The number of thiazole rings is 1. The number of hydrogen-bond donors (Lipinski definition) is 1. The second kappa shape index (κ2) is 10.9. The number of nitrogens with zero attached hydrogens (tertiary/aromatic N) is 3. The number of carbonyl (C=O) groups is 1. The third-order valence-electron chi connectivity index (χ3n) is 3.64. The largest absolute Gasteiger partial charge is 0.382 e. The molecule has 3 aromatic rings. The summed E-state index contributed by atoms with van der Waals surface area (Å²) < 4.78 is 12.4. The minimum Gasteiger partial charge on any atom is -0.382 e. The van der Waals surface area contributed by atoms with E-state index >= 15 is 0 Å². The monoisotopic (exact) mass is 450 g/mol. The van der Waals surface area contributed by atoms with Crippen molar-refractivity contribution in [2.45, 2.75) is 23.3 Å². The van der Waals surface area contributed by atoms with Crippen LogP contribution in [0.2, 0.25) is 0 Å². The number of ether oxygens (including phenoxy) is 2. The first-order valence-electron chi connectivity index (χ1n) is 8.88. The van der Waals surface area contributed by atoms with Gasteiger partial charge in [0, 0.05) is 24.2 Å². The number of nitrogens with one attached hydrogen (secondary N) is 1. The molecule has 0 spiro atoms. The number of anilines is 1. The van der Waals surface area contributed by atoms with E-state index in [1.807, 2.05) is 38.1 Å². The van der Waals surface area contributed by atoms with Crippen molar-refractivity contribution in [1.82, 2.24) is 15.0 Å². The molecule has 0 bridgehead atoms. The van der Waals surface area contributed by atoms with Gasteiger partial charge in [0.25, 0.3) is 0 Å². The minimum atomic E-state index is -0.0947. The first-order chi connectivity index (χ1) is 14.0. The zero-order valence-corrected chi connectivity index (χ0v) is 18.9. The number of aryl methyl sites for hydroxylation is 2. The summed E-state index contributed by atoms with van der Waals surface area (Å²) in [5.41, 5.74) is 3.45. The highest BCUT2D eigenvalue weighted by molar-refractivity contribution is 8.01. The van der Waals surface area contributed by atoms with Gasteiger partial charge in [0.05, 0.1) is 35.1 Å². The van der Waals surface area contributed by atoms with E-state index in [1.165, 1.54) is 11.8 Å². The van der Waals surface area contributed by atoms with Crippen LogP contribution in [0.15, 0.2) is 33.8 Å². The van der Waals surface area contributed by atoms with Gasteiger partial charge < -0.3 is 14.8 Å². The first kappa shape index (κ1) is 22.0. The summed E-state index contributed by atoms with van der Waals surface area (Å²) in [6, 6.07) is 7.63. The smallest absolute Gasteiger partial charge is 0.234 e. The Morgan fingerprint density at radius 3 is 2.66 bits per heavy atom. The molecule has 29 heavy (non-hydrogen) atoms. The average Bonchev–Trinajstić information content (AvgIpc) is 3.07. The SMILES string of the molecule is COCCOCSc1nc2ccc(NC(=O)CSc3nc(C)cc(C)n3)cc2s1. The van der Waals surface area contributed by atoms with E-state index in [1.54, 1.807) is 30.2 Å². The summed E-state index contributed by atoms with van der Waals surface area (Å²) in [4.78, 5) is 25.6. The number of amides is 1. The number of benzene rings is 1. The number of thioether (sulfide) groups is 2. The van der Waals surface area contributed by atoms with E-state index < -0.39 is 0 Å². The average molecular weight is 451 g/mol. The van der Waals surface area contributed by atoms with Gasteiger partial charge >= 0.3 is 0 Å². The van der Waals surface area contributed by atoms with Crippen molar-refractivity contribution in [2.75, 3.05) is 37.3 Å². The number of carbonyl (C=O) groups excluding carboxylic acids is 1. The van der Waals surface area contributed by atoms with Gasteiger partial charge in [-0.3, -0.25) is 4.79 Å². The molecule has 1 aromatic carbocycles. The van der Waals surface area contributed by atoms with Crippen LogP contribution < -0.4 is 5.32 Å². The second-order valence-corrected chi connectivity index (χ2v) is 9.24. The molecule has 0 unspecified atom stereocenters. The molecule has 0 atom stereocenters. The molecular weight excluding hydrogens is 428 g/mol. The molecule has 154 valence electrons. The molecule has 0 aliphatic carbocycles. The van der Waals surface area contributed by atoms with Crippen molar-refractivity contribution in [3.63, 3.8) is 0 Å². The Kier molecular flexibility index (Phi) is 8.25. The summed E-state index contributed by atoms with van der Waals surface area (Å²) in [5.74, 6) is 0.691. The number of rotatable bonds is 10. The van der Waals surface area contributed by atoms with Crippen LogP contribution in [-0.4, -0.2) is 52.9 Å². The van der Waals surface area contributed by atoms with E-state index in [9.17, 15) is 4.79 Å². The van der Waals surface area contributed by atoms with Crippen molar-refractivity contribution >= 4 is 56.7 Å². The van der Waals surface area contributed by atoms with Crippen molar-refractivity contribution in [3.8, 4) is 0 Å². The maximum atomic E-state index is 12.3. The summed E-state index contributed by atoms with van der Waals surface area (Å²) in [7, 11) is 1.65. The van der Waals surface area contributed by atoms with Crippen LogP contribution in [0.4, 0.5) is 5.69 Å². The third-order valence-corrected chi connectivity index (χ3v) is 6.53. The van der Waals surface area contributed by atoms with Gasteiger partial charge in [0.1, 0.15) is 0 Å². The molecule has 2 heterocycles. The maximum absolute atomic E-state index is 12.3. The fourth-order valence-corrected chi connectivity index (χ4v) is 5.02. The number of fused-ring (bicyclic) bond motifs is 1. The molecule has 7 nitrogen and oxygen atoms in total. The molecule has 0 saturated carbocycles. The Bertz CT molecular complexity index is 960. The van der Waals surface area contributed by atoms with Crippen LogP contribution in [0.5, 0.6) is 0 Å². The van der Waals surface area contributed by atoms with Gasteiger partial charge in [0.15, 0.2) is 9.50 Å². The summed E-state index contributed by atoms with van der Waals surface area (Å²) in [6.45, 7) is 4.98. The molecule has 0 fully saturated rings. The molecule has 0 saturated heterocycles. The van der Waals surface area contributed by atoms with Crippen LogP contribution in [0.3, 0.4) is 0 Å².